The summed E-state index contributed by atoms with van der Waals surface area (Å²) >= 11 is 5.73. The van der Waals surface area contributed by atoms with E-state index in [1.54, 1.807) is 12.3 Å². The van der Waals surface area contributed by atoms with E-state index in [0.29, 0.717) is 24.2 Å². The molecule has 0 atom stereocenters. The van der Waals surface area contributed by atoms with Crippen LogP contribution in [-0.4, -0.2) is 51.0 Å². The zero-order chi connectivity index (χ0) is 15.7. The summed E-state index contributed by atoms with van der Waals surface area (Å²) in [5, 5.41) is 6.70. The summed E-state index contributed by atoms with van der Waals surface area (Å²) < 4.78 is 22.1. The van der Waals surface area contributed by atoms with Crippen molar-refractivity contribution in [3.8, 4) is 0 Å². The molecule has 0 radical (unpaired) electrons. The molecule has 0 aliphatic carbocycles. The molecule has 0 aliphatic heterocycles. The molecule has 2 N–H and O–H groups in total. The zero-order valence-corrected chi connectivity index (χ0v) is 16.6. The van der Waals surface area contributed by atoms with E-state index in [9.17, 15) is 8.42 Å². The van der Waals surface area contributed by atoms with Crippen LogP contribution in [0.25, 0.3) is 0 Å². The topological polar surface area (TPSA) is 83.5 Å². The van der Waals surface area contributed by atoms with Crippen LogP contribution in [0.5, 0.6) is 0 Å². The van der Waals surface area contributed by atoms with E-state index >= 15 is 0 Å². The Labute approximate surface area is 154 Å². The number of aliphatic imine (C=N–C) groups is 1. The van der Waals surface area contributed by atoms with E-state index < -0.39 is 9.84 Å². The molecule has 0 unspecified atom stereocenters. The van der Waals surface area contributed by atoms with Gasteiger partial charge in [-0.1, -0.05) is 17.7 Å². The number of hydrogen-bond donors (Lipinski definition) is 2. The van der Waals surface area contributed by atoms with Crippen LogP contribution < -0.4 is 10.6 Å². The van der Waals surface area contributed by atoms with E-state index in [0.717, 1.165) is 12.0 Å². The largest absolute Gasteiger partial charge is 0.357 e. The second-order valence-corrected chi connectivity index (χ2v) is 7.20. The molecule has 6 nitrogen and oxygen atoms in total. The van der Waals surface area contributed by atoms with Gasteiger partial charge in [0.25, 0.3) is 0 Å². The van der Waals surface area contributed by atoms with Crippen LogP contribution in [0.3, 0.4) is 0 Å². The third-order valence-electron chi connectivity index (χ3n) is 2.57. The fraction of sp³-hybridized carbons (Fsp3) is 0.538. The highest BCUT2D eigenvalue weighted by Crippen LogP contribution is 2.05. The fourth-order valence-electron chi connectivity index (χ4n) is 1.54. The average molecular weight is 461 g/mol. The molecule has 0 fully saturated rings. The molecule has 0 amide bonds. The van der Waals surface area contributed by atoms with E-state index in [-0.39, 0.29) is 36.3 Å². The highest BCUT2D eigenvalue weighted by molar-refractivity contribution is 14.0. The third-order valence-corrected chi connectivity index (χ3v) is 3.72. The third kappa shape index (κ3) is 10.2. The lowest BCUT2D eigenvalue weighted by molar-refractivity contribution is 0.601. The molecule has 1 heterocycles. The van der Waals surface area contributed by atoms with Gasteiger partial charge in [0.2, 0.25) is 0 Å². The summed E-state index contributed by atoms with van der Waals surface area (Å²) in [6.07, 6.45) is 3.72. The minimum atomic E-state index is -2.99. The van der Waals surface area contributed by atoms with Gasteiger partial charge in [-0.05, 0) is 25.0 Å². The molecule has 22 heavy (non-hydrogen) atoms. The van der Waals surface area contributed by atoms with Crippen LogP contribution in [0.4, 0.5) is 0 Å². The predicted octanol–water partition coefficient (Wildman–Crippen LogP) is 1.50. The van der Waals surface area contributed by atoms with Crippen molar-refractivity contribution in [3.63, 3.8) is 0 Å². The lowest BCUT2D eigenvalue weighted by atomic mass is 10.2. The highest BCUT2D eigenvalue weighted by Gasteiger charge is 2.02. The van der Waals surface area contributed by atoms with Crippen molar-refractivity contribution in [2.75, 3.05) is 31.6 Å². The lowest BCUT2D eigenvalue weighted by Crippen LogP contribution is -2.38. The monoisotopic (exact) mass is 460 g/mol. The summed E-state index contributed by atoms with van der Waals surface area (Å²) in [5.41, 5.74) is 1.07. The Hall–Kier alpha value is -0.610. The average Bonchev–Trinajstić information content (AvgIpc) is 2.39. The minimum absolute atomic E-state index is 0. The molecule has 1 aromatic heterocycles. The first-order valence-electron chi connectivity index (χ1n) is 6.71. The van der Waals surface area contributed by atoms with E-state index in [4.69, 9.17) is 11.6 Å². The first-order chi connectivity index (χ1) is 9.90. The molecule has 0 saturated heterocycles. The predicted molar refractivity (Wildman–Crippen MR) is 102 cm³/mol. The SMILES string of the molecule is CCNC(=NCCS(C)(=O)=O)NCCc1ccc(Cl)nc1.I. The van der Waals surface area contributed by atoms with Gasteiger partial charge in [0.15, 0.2) is 5.96 Å². The second-order valence-electron chi connectivity index (χ2n) is 4.56. The van der Waals surface area contributed by atoms with Crippen LogP contribution >= 0.6 is 35.6 Å². The maximum absolute atomic E-state index is 11.1. The number of aromatic nitrogens is 1. The lowest BCUT2D eigenvalue weighted by Gasteiger charge is -2.11. The quantitative estimate of drug-likeness (QED) is 0.279. The van der Waals surface area contributed by atoms with Crippen molar-refractivity contribution in [1.82, 2.24) is 15.6 Å². The van der Waals surface area contributed by atoms with Gasteiger partial charge in [0.05, 0.1) is 12.3 Å². The van der Waals surface area contributed by atoms with Gasteiger partial charge >= 0.3 is 0 Å². The maximum atomic E-state index is 11.1. The Kier molecular flexibility index (Phi) is 10.7. The fourth-order valence-corrected chi connectivity index (χ4v) is 2.08. The molecule has 1 aromatic rings. The molecule has 1 rings (SSSR count). The number of sulfone groups is 1. The number of rotatable bonds is 7. The van der Waals surface area contributed by atoms with Crippen molar-refractivity contribution in [2.45, 2.75) is 13.3 Å². The first kappa shape index (κ1) is 21.4. The van der Waals surface area contributed by atoms with Crippen molar-refractivity contribution in [2.24, 2.45) is 4.99 Å². The minimum Gasteiger partial charge on any atom is -0.357 e. The number of nitrogens with one attached hydrogen (secondary N) is 2. The molecule has 0 spiro atoms. The normalized spacial score (nSPS) is 11.7. The first-order valence-corrected chi connectivity index (χ1v) is 9.15. The molecular formula is C13H22ClIN4O2S. The molecular weight excluding hydrogens is 439 g/mol. The van der Waals surface area contributed by atoms with Gasteiger partial charge in [0.1, 0.15) is 15.0 Å². The van der Waals surface area contributed by atoms with Crippen molar-refractivity contribution < 1.29 is 8.42 Å². The summed E-state index contributed by atoms with van der Waals surface area (Å²) in [4.78, 5) is 8.24. The van der Waals surface area contributed by atoms with Crippen molar-refractivity contribution in [1.29, 1.82) is 0 Å². The molecule has 0 saturated carbocycles. The Bertz CT molecular complexity index is 564. The number of halogens is 2. The van der Waals surface area contributed by atoms with Gasteiger partial charge in [-0.25, -0.2) is 13.4 Å². The van der Waals surface area contributed by atoms with Gasteiger partial charge in [-0.15, -0.1) is 24.0 Å². The highest BCUT2D eigenvalue weighted by atomic mass is 127. The summed E-state index contributed by atoms with van der Waals surface area (Å²) in [6, 6.07) is 3.67. The van der Waals surface area contributed by atoms with Crippen molar-refractivity contribution in [3.05, 3.63) is 29.0 Å². The summed E-state index contributed by atoms with van der Waals surface area (Å²) in [6.45, 7) is 3.59. The standard InChI is InChI=1S/C13H21ClN4O2S.HI/c1-3-15-13(17-8-9-21(2,19)20)16-7-6-11-4-5-12(14)18-10-11;/h4-5,10H,3,6-9H2,1-2H3,(H2,15,16,17);1H. The second kappa shape index (κ2) is 11.0. The Morgan fingerprint density at radius 1 is 1.36 bits per heavy atom. The number of pyridine rings is 1. The summed E-state index contributed by atoms with van der Waals surface area (Å²) in [5.74, 6) is 0.660. The number of hydrogen-bond acceptors (Lipinski definition) is 4. The van der Waals surface area contributed by atoms with Crippen LogP contribution in [-0.2, 0) is 16.3 Å². The van der Waals surface area contributed by atoms with E-state index in [2.05, 4.69) is 20.6 Å². The van der Waals surface area contributed by atoms with Gasteiger partial charge in [0, 0.05) is 25.5 Å². The van der Waals surface area contributed by atoms with E-state index in [1.807, 2.05) is 13.0 Å². The molecule has 126 valence electrons. The Morgan fingerprint density at radius 3 is 2.64 bits per heavy atom. The van der Waals surface area contributed by atoms with Crippen LogP contribution in [0.2, 0.25) is 5.15 Å². The van der Waals surface area contributed by atoms with E-state index in [1.165, 1.54) is 6.26 Å². The number of guanidine groups is 1. The van der Waals surface area contributed by atoms with Crippen LogP contribution in [0.15, 0.2) is 23.3 Å². The van der Waals surface area contributed by atoms with Gasteiger partial charge in [-0.3, -0.25) is 4.99 Å². The maximum Gasteiger partial charge on any atom is 0.191 e. The van der Waals surface area contributed by atoms with Crippen LogP contribution in [0, 0.1) is 0 Å². The zero-order valence-electron chi connectivity index (χ0n) is 12.7. The molecule has 9 heteroatoms. The smallest absolute Gasteiger partial charge is 0.191 e. The molecule has 0 bridgehead atoms. The Morgan fingerprint density at radius 2 is 2.09 bits per heavy atom. The van der Waals surface area contributed by atoms with Gasteiger partial charge < -0.3 is 10.6 Å². The number of nitrogens with zero attached hydrogens (tertiary/aromatic N) is 2. The summed E-state index contributed by atoms with van der Waals surface area (Å²) in [7, 11) is -2.99. The van der Waals surface area contributed by atoms with Crippen molar-refractivity contribution >= 4 is 51.4 Å². The van der Waals surface area contributed by atoms with Crippen LogP contribution in [0.1, 0.15) is 12.5 Å². The Balaban J connectivity index is 0.00000441. The molecule has 0 aliphatic rings. The molecule has 0 aromatic carbocycles. The van der Waals surface area contributed by atoms with Gasteiger partial charge in [-0.2, -0.15) is 0 Å².